The van der Waals surface area contributed by atoms with Gasteiger partial charge in [0.2, 0.25) is 0 Å². The third-order valence-corrected chi connectivity index (χ3v) is 7.28. The number of methoxy groups -OCH3 is 1. The van der Waals surface area contributed by atoms with Gasteiger partial charge in [-0.25, -0.2) is 9.79 Å². The molecular formula is C27H27BrN2O5S. The Morgan fingerprint density at radius 3 is 2.64 bits per heavy atom. The normalized spacial score (nSPS) is 15.5. The van der Waals surface area contributed by atoms with Crippen LogP contribution in [-0.2, 0) is 9.53 Å². The lowest BCUT2D eigenvalue weighted by atomic mass is 9.95. The highest BCUT2D eigenvalue weighted by Crippen LogP contribution is 2.36. The number of hydrogen-bond acceptors (Lipinski definition) is 7. The van der Waals surface area contributed by atoms with Gasteiger partial charge in [-0.1, -0.05) is 51.5 Å². The zero-order valence-electron chi connectivity index (χ0n) is 20.7. The van der Waals surface area contributed by atoms with Crippen molar-refractivity contribution in [1.29, 1.82) is 0 Å². The van der Waals surface area contributed by atoms with E-state index in [9.17, 15) is 9.59 Å². The number of carbonyl (C=O) groups is 1. The molecule has 0 saturated carbocycles. The van der Waals surface area contributed by atoms with Crippen molar-refractivity contribution >= 4 is 39.3 Å². The summed E-state index contributed by atoms with van der Waals surface area (Å²) in [4.78, 5) is 32.0. The van der Waals surface area contributed by atoms with Crippen LogP contribution in [0.25, 0.3) is 6.08 Å². The molecular weight excluding hydrogens is 544 g/mol. The summed E-state index contributed by atoms with van der Waals surface area (Å²) in [7, 11) is 1.56. The maximum atomic E-state index is 13.7. The molecule has 0 spiro atoms. The predicted molar refractivity (Wildman–Crippen MR) is 143 cm³/mol. The topological polar surface area (TPSA) is 79.1 Å². The molecule has 1 aliphatic rings. The second-order valence-electron chi connectivity index (χ2n) is 8.40. The van der Waals surface area contributed by atoms with Gasteiger partial charge in [0.25, 0.3) is 5.56 Å². The predicted octanol–water partition coefficient (Wildman–Crippen LogP) is 4.36. The molecule has 0 amide bonds. The second kappa shape index (κ2) is 10.8. The maximum Gasteiger partial charge on any atom is 0.338 e. The van der Waals surface area contributed by atoms with Crippen molar-refractivity contribution < 1.29 is 19.0 Å². The summed E-state index contributed by atoms with van der Waals surface area (Å²) in [6, 6.07) is 12.4. The van der Waals surface area contributed by atoms with E-state index in [0.29, 0.717) is 37.7 Å². The standard InChI is InChI=1S/C27H27BrN2O5S/c1-6-34-26(32)23-16(4)29-27-30(25(31)22(36-27)14-17-9-7-8-10-19(17)28)24(23)18-11-12-20(35-15(2)3)21(13-18)33-5/h7-15,24H,6H2,1-5H3/b22-14-/t24-/m0/s1. The quantitative estimate of drug-likeness (QED) is 0.394. The van der Waals surface area contributed by atoms with Crippen LogP contribution in [0.3, 0.4) is 0 Å². The number of thiazole rings is 1. The van der Waals surface area contributed by atoms with Gasteiger partial charge >= 0.3 is 5.97 Å². The molecule has 0 bridgehead atoms. The molecule has 2 aromatic carbocycles. The largest absolute Gasteiger partial charge is 0.493 e. The van der Waals surface area contributed by atoms with Crippen LogP contribution in [0.1, 0.15) is 44.9 Å². The fourth-order valence-electron chi connectivity index (χ4n) is 4.05. The fourth-order valence-corrected chi connectivity index (χ4v) is 5.48. The van der Waals surface area contributed by atoms with Crippen LogP contribution >= 0.6 is 27.3 Å². The Hall–Kier alpha value is -3.17. The first kappa shape index (κ1) is 25.9. The van der Waals surface area contributed by atoms with E-state index in [0.717, 1.165) is 10.0 Å². The number of hydrogen-bond donors (Lipinski definition) is 0. The van der Waals surface area contributed by atoms with E-state index in [1.165, 1.54) is 11.3 Å². The minimum atomic E-state index is -0.733. The van der Waals surface area contributed by atoms with E-state index < -0.39 is 12.0 Å². The van der Waals surface area contributed by atoms with E-state index in [2.05, 4.69) is 20.9 Å². The van der Waals surface area contributed by atoms with Gasteiger partial charge in [0, 0.05) is 4.47 Å². The van der Waals surface area contributed by atoms with Gasteiger partial charge in [0.1, 0.15) is 0 Å². The molecule has 0 N–H and O–H groups in total. The number of allylic oxidation sites excluding steroid dienone is 1. The van der Waals surface area contributed by atoms with Crippen LogP contribution in [0.5, 0.6) is 11.5 Å². The maximum absolute atomic E-state index is 13.7. The average Bonchev–Trinajstić information content (AvgIpc) is 3.14. The SMILES string of the molecule is CCOC(=O)C1=C(C)N=c2s/c(=C\c3ccccc3Br)c(=O)n2[C@H]1c1ccc(OC(C)C)c(OC)c1. The molecule has 4 rings (SSSR count). The number of rotatable bonds is 7. The lowest BCUT2D eigenvalue weighted by molar-refractivity contribution is -0.139. The van der Waals surface area contributed by atoms with Crippen LogP contribution < -0.4 is 24.4 Å². The first-order chi connectivity index (χ1) is 17.2. The summed E-state index contributed by atoms with van der Waals surface area (Å²) in [5.74, 6) is 0.579. The molecule has 0 unspecified atom stereocenters. The summed E-state index contributed by atoms with van der Waals surface area (Å²) in [5.41, 5.74) is 2.14. The summed E-state index contributed by atoms with van der Waals surface area (Å²) >= 11 is 4.82. The molecule has 0 aliphatic carbocycles. The molecule has 3 aromatic rings. The fraction of sp³-hybridized carbons (Fsp3) is 0.296. The van der Waals surface area contributed by atoms with Gasteiger partial charge in [-0.15, -0.1) is 0 Å². The molecule has 9 heteroatoms. The van der Waals surface area contributed by atoms with Gasteiger partial charge < -0.3 is 14.2 Å². The molecule has 1 aromatic heterocycles. The van der Waals surface area contributed by atoms with E-state index in [1.807, 2.05) is 50.3 Å². The third-order valence-electron chi connectivity index (χ3n) is 5.57. The number of esters is 1. The van der Waals surface area contributed by atoms with Crippen LogP contribution in [0.2, 0.25) is 0 Å². The summed E-state index contributed by atoms with van der Waals surface area (Å²) in [6.07, 6.45) is 1.78. The Morgan fingerprint density at radius 1 is 1.22 bits per heavy atom. The second-order valence-corrected chi connectivity index (χ2v) is 10.3. The van der Waals surface area contributed by atoms with Crippen molar-refractivity contribution in [3.8, 4) is 11.5 Å². The number of halogens is 1. The molecule has 36 heavy (non-hydrogen) atoms. The lowest BCUT2D eigenvalue weighted by Gasteiger charge is -2.25. The molecule has 0 fully saturated rings. The van der Waals surface area contributed by atoms with Gasteiger partial charge in [0.15, 0.2) is 16.3 Å². The Labute approximate surface area is 221 Å². The lowest BCUT2D eigenvalue weighted by Crippen LogP contribution is -2.40. The number of carbonyl (C=O) groups excluding carboxylic acids is 1. The Kier molecular flexibility index (Phi) is 7.80. The molecule has 0 saturated heterocycles. The molecule has 2 heterocycles. The van der Waals surface area contributed by atoms with Crippen molar-refractivity contribution in [1.82, 2.24) is 4.57 Å². The molecule has 7 nitrogen and oxygen atoms in total. The number of fused-ring (bicyclic) bond motifs is 1. The van der Waals surface area contributed by atoms with E-state index in [-0.39, 0.29) is 18.3 Å². The number of nitrogens with zero attached hydrogens (tertiary/aromatic N) is 2. The van der Waals surface area contributed by atoms with Crippen molar-refractivity contribution in [2.45, 2.75) is 39.8 Å². The number of aromatic nitrogens is 1. The van der Waals surface area contributed by atoms with Crippen molar-refractivity contribution in [3.63, 3.8) is 0 Å². The van der Waals surface area contributed by atoms with Gasteiger partial charge in [-0.05, 0) is 63.1 Å². The third kappa shape index (κ3) is 5.03. The van der Waals surface area contributed by atoms with E-state index >= 15 is 0 Å². The number of benzene rings is 2. The average molecular weight is 571 g/mol. The first-order valence-corrected chi connectivity index (χ1v) is 13.1. The zero-order valence-corrected chi connectivity index (χ0v) is 23.1. The Bertz CT molecular complexity index is 1520. The monoisotopic (exact) mass is 570 g/mol. The molecule has 0 radical (unpaired) electrons. The molecule has 1 atom stereocenters. The van der Waals surface area contributed by atoms with Crippen LogP contribution in [0, 0.1) is 0 Å². The van der Waals surface area contributed by atoms with Crippen molar-refractivity contribution in [2.75, 3.05) is 13.7 Å². The number of ether oxygens (including phenoxy) is 3. The molecule has 1 aliphatic heterocycles. The van der Waals surface area contributed by atoms with E-state index in [1.54, 1.807) is 37.7 Å². The molecule has 188 valence electrons. The van der Waals surface area contributed by atoms with E-state index in [4.69, 9.17) is 14.2 Å². The summed E-state index contributed by atoms with van der Waals surface area (Å²) in [6.45, 7) is 7.58. The highest BCUT2D eigenvalue weighted by atomic mass is 79.9. The highest BCUT2D eigenvalue weighted by molar-refractivity contribution is 9.10. The Balaban J connectivity index is 1.96. The smallest absolute Gasteiger partial charge is 0.338 e. The van der Waals surface area contributed by atoms with Crippen LogP contribution in [0.4, 0.5) is 0 Å². The zero-order chi connectivity index (χ0) is 26.0. The van der Waals surface area contributed by atoms with Crippen LogP contribution in [-0.4, -0.2) is 30.4 Å². The summed E-state index contributed by atoms with van der Waals surface area (Å²) in [5, 5.41) is 0. The highest BCUT2D eigenvalue weighted by Gasteiger charge is 2.34. The minimum absolute atomic E-state index is 0.0445. The van der Waals surface area contributed by atoms with Gasteiger partial charge in [0.05, 0.1) is 41.7 Å². The van der Waals surface area contributed by atoms with Crippen LogP contribution in [0.15, 0.2) is 68.0 Å². The minimum Gasteiger partial charge on any atom is -0.493 e. The van der Waals surface area contributed by atoms with Crippen molar-refractivity contribution in [2.24, 2.45) is 4.99 Å². The summed E-state index contributed by atoms with van der Waals surface area (Å²) < 4.78 is 19.8. The first-order valence-electron chi connectivity index (χ1n) is 11.5. The van der Waals surface area contributed by atoms with Crippen molar-refractivity contribution in [3.05, 3.63) is 89.0 Å². The van der Waals surface area contributed by atoms with Gasteiger partial charge in [-0.3, -0.25) is 9.36 Å². The van der Waals surface area contributed by atoms with Gasteiger partial charge in [-0.2, -0.15) is 0 Å². The Morgan fingerprint density at radius 2 is 1.97 bits per heavy atom.